The van der Waals surface area contributed by atoms with E-state index in [1.807, 2.05) is 66.0 Å². The van der Waals surface area contributed by atoms with E-state index >= 15 is 0 Å². The van der Waals surface area contributed by atoms with E-state index in [1.54, 1.807) is 4.90 Å². The molecule has 1 heterocycles. The molecule has 7 nitrogen and oxygen atoms in total. The van der Waals surface area contributed by atoms with Crippen LogP contribution in [0.1, 0.15) is 45.2 Å². The minimum Gasteiger partial charge on any atom is -0.494 e. The van der Waals surface area contributed by atoms with Gasteiger partial charge in [-0.3, -0.25) is 4.79 Å². The number of aryl methyl sites for hydroxylation is 1. The van der Waals surface area contributed by atoms with Gasteiger partial charge in [0, 0.05) is 37.2 Å². The second-order valence-corrected chi connectivity index (χ2v) is 8.03. The standard InChI is InChI=1S/C24H34N4O3/c1-4-6-16-27(24(30)25-19-9-13-22(14-10-19)31-5-2)18-23(29)28(20-11-12-20)17-21-8-7-15-26(21)3/h7-10,13-15,20H,4-6,11-12,16-18H2,1-3H3,(H,25,30). The maximum Gasteiger partial charge on any atom is 0.322 e. The highest BCUT2D eigenvalue weighted by Crippen LogP contribution is 2.28. The summed E-state index contributed by atoms with van der Waals surface area (Å²) in [4.78, 5) is 29.7. The van der Waals surface area contributed by atoms with E-state index in [9.17, 15) is 9.59 Å². The molecule has 3 rings (SSSR count). The molecule has 1 fully saturated rings. The van der Waals surface area contributed by atoms with E-state index in [-0.39, 0.29) is 24.5 Å². The summed E-state index contributed by atoms with van der Waals surface area (Å²) < 4.78 is 7.49. The Balaban J connectivity index is 1.65. The highest BCUT2D eigenvalue weighted by Gasteiger charge is 2.34. The number of hydrogen-bond donors (Lipinski definition) is 1. The lowest BCUT2D eigenvalue weighted by atomic mass is 10.3. The van der Waals surface area contributed by atoms with Gasteiger partial charge in [0.05, 0.1) is 13.2 Å². The van der Waals surface area contributed by atoms with Crippen molar-refractivity contribution >= 4 is 17.6 Å². The minimum absolute atomic E-state index is 0.00152. The second-order valence-electron chi connectivity index (χ2n) is 8.03. The van der Waals surface area contributed by atoms with Crippen LogP contribution in [-0.2, 0) is 18.4 Å². The highest BCUT2D eigenvalue weighted by molar-refractivity contribution is 5.92. The van der Waals surface area contributed by atoms with Gasteiger partial charge < -0.3 is 24.4 Å². The summed E-state index contributed by atoms with van der Waals surface area (Å²) in [5, 5.41) is 2.92. The SMILES string of the molecule is CCCCN(CC(=O)N(Cc1cccn1C)C1CC1)C(=O)Nc1ccc(OCC)cc1. The minimum atomic E-state index is -0.249. The van der Waals surface area contributed by atoms with Crippen LogP contribution < -0.4 is 10.1 Å². The Morgan fingerprint density at radius 3 is 2.48 bits per heavy atom. The maximum atomic E-state index is 13.2. The summed E-state index contributed by atoms with van der Waals surface area (Å²) in [6, 6.07) is 11.3. The smallest absolute Gasteiger partial charge is 0.322 e. The number of carbonyl (C=O) groups excluding carboxylic acids is 2. The van der Waals surface area contributed by atoms with Crippen LogP contribution in [0.25, 0.3) is 0 Å². The van der Waals surface area contributed by atoms with E-state index in [1.165, 1.54) is 0 Å². The van der Waals surface area contributed by atoms with Crippen LogP contribution in [0, 0.1) is 0 Å². The Morgan fingerprint density at radius 1 is 1.16 bits per heavy atom. The molecule has 7 heteroatoms. The van der Waals surface area contributed by atoms with Crippen LogP contribution in [0.3, 0.4) is 0 Å². The van der Waals surface area contributed by atoms with Gasteiger partial charge >= 0.3 is 6.03 Å². The largest absolute Gasteiger partial charge is 0.494 e. The Kier molecular flexibility index (Phi) is 7.98. The van der Waals surface area contributed by atoms with Gasteiger partial charge in [-0.05, 0) is 62.6 Å². The van der Waals surface area contributed by atoms with Gasteiger partial charge in [-0.25, -0.2) is 4.79 Å². The van der Waals surface area contributed by atoms with Crippen molar-refractivity contribution in [3.05, 3.63) is 48.3 Å². The summed E-state index contributed by atoms with van der Waals surface area (Å²) in [6.45, 7) is 5.82. The summed E-state index contributed by atoms with van der Waals surface area (Å²) in [5.41, 5.74) is 1.78. The van der Waals surface area contributed by atoms with Gasteiger partial charge in [0.2, 0.25) is 5.91 Å². The van der Waals surface area contributed by atoms with Crippen molar-refractivity contribution in [1.82, 2.24) is 14.4 Å². The summed E-state index contributed by atoms with van der Waals surface area (Å²) in [5.74, 6) is 0.765. The van der Waals surface area contributed by atoms with Gasteiger partial charge in [-0.2, -0.15) is 0 Å². The van der Waals surface area contributed by atoms with Crippen LogP contribution >= 0.6 is 0 Å². The molecule has 0 saturated heterocycles. The van der Waals surface area contributed by atoms with Crippen molar-refractivity contribution in [2.45, 2.75) is 52.1 Å². The number of benzene rings is 1. The van der Waals surface area contributed by atoms with Gasteiger partial charge in [0.1, 0.15) is 12.3 Å². The normalized spacial score (nSPS) is 13.0. The Hall–Kier alpha value is -2.96. The number of amides is 3. The number of nitrogens with one attached hydrogen (secondary N) is 1. The molecular formula is C24H34N4O3. The fraction of sp³-hybridized carbons (Fsp3) is 0.500. The molecule has 0 radical (unpaired) electrons. The second kappa shape index (κ2) is 10.9. The third kappa shape index (κ3) is 6.51. The number of hydrogen-bond acceptors (Lipinski definition) is 3. The fourth-order valence-corrected chi connectivity index (χ4v) is 3.50. The zero-order valence-electron chi connectivity index (χ0n) is 18.8. The molecule has 0 aliphatic heterocycles. The molecule has 0 atom stereocenters. The Morgan fingerprint density at radius 2 is 1.90 bits per heavy atom. The summed E-state index contributed by atoms with van der Waals surface area (Å²) >= 11 is 0. The molecule has 1 saturated carbocycles. The number of ether oxygens (including phenoxy) is 1. The summed E-state index contributed by atoms with van der Waals surface area (Å²) in [7, 11) is 1.99. The predicted octanol–water partition coefficient (Wildman–Crippen LogP) is 4.25. The van der Waals surface area contributed by atoms with Crippen molar-refractivity contribution in [1.29, 1.82) is 0 Å². The van der Waals surface area contributed by atoms with E-state index in [2.05, 4.69) is 12.2 Å². The lowest BCUT2D eigenvalue weighted by molar-refractivity contribution is -0.133. The number of anilines is 1. The first kappa shape index (κ1) is 22.7. The maximum absolute atomic E-state index is 13.2. The van der Waals surface area contributed by atoms with Gasteiger partial charge in [0.25, 0.3) is 0 Å². The first-order valence-corrected chi connectivity index (χ1v) is 11.2. The molecule has 3 amide bonds. The van der Waals surface area contributed by atoms with E-state index in [4.69, 9.17) is 4.74 Å². The molecule has 1 N–H and O–H groups in total. The molecule has 1 aliphatic carbocycles. The van der Waals surface area contributed by atoms with Gasteiger partial charge in [-0.1, -0.05) is 13.3 Å². The highest BCUT2D eigenvalue weighted by atomic mass is 16.5. The number of nitrogens with zero attached hydrogens (tertiary/aromatic N) is 3. The van der Waals surface area contributed by atoms with E-state index < -0.39 is 0 Å². The van der Waals surface area contributed by atoms with Crippen molar-refractivity contribution in [2.24, 2.45) is 7.05 Å². The molecule has 0 spiro atoms. The number of aromatic nitrogens is 1. The van der Waals surface area contributed by atoms with Crippen molar-refractivity contribution in [3.63, 3.8) is 0 Å². The topological polar surface area (TPSA) is 66.8 Å². The Labute approximate surface area is 185 Å². The van der Waals surface area contributed by atoms with Crippen LogP contribution in [0.15, 0.2) is 42.6 Å². The summed E-state index contributed by atoms with van der Waals surface area (Å²) in [6.07, 6.45) is 5.86. The Bertz CT molecular complexity index is 858. The van der Waals surface area contributed by atoms with Gasteiger partial charge in [-0.15, -0.1) is 0 Å². The van der Waals surface area contributed by atoms with Gasteiger partial charge in [0.15, 0.2) is 0 Å². The van der Waals surface area contributed by atoms with Crippen molar-refractivity contribution in [3.8, 4) is 5.75 Å². The molecule has 1 aliphatic rings. The molecule has 1 aromatic heterocycles. The molecule has 168 valence electrons. The first-order chi connectivity index (χ1) is 15.0. The zero-order valence-corrected chi connectivity index (χ0v) is 18.8. The molecule has 1 aromatic carbocycles. The molecule has 0 bridgehead atoms. The molecule has 0 unspecified atom stereocenters. The molecule has 2 aromatic rings. The fourth-order valence-electron chi connectivity index (χ4n) is 3.50. The number of rotatable bonds is 11. The predicted molar refractivity (Wildman–Crippen MR) is 122 cm³/mol. The van der Waals surface area contributed by atoms with E-state index in [0.717, 1.165) is 37.1 Å². The van der Waals surface area contributed by atoms with Crippen LogP contribution in [0.2, 0.25) is 0 Å². The average Bonchev–Trinajstić information content (AvgIpc) is 3.52. The number of carbonyl (C=O) groups is 2. The zero-order chi connectivity index (χ0) is 22.2. The first-order valence-electron chi connectivity index (χ1n) is 11.2. The van der Waals surface area contributed by atoms with Crippen molar-refractivity contribution < 1.29 is 14.3 Å². The number of urea groups is 1. The molecule has 31 heavy (non-hydrogen) atoms. The van der Waals surface area contributed by atoms with Crippen LogP contribution in [0.4, 0.5) is 10.5 Å². The van der Waals surface area contributed by atoms with E-state index in [0.29, 0.717) is 25.4 Å². The van der Waals surface area contributed by atoms with Crippen LogP contribution in [0.5, 0.6) is 5.75 Å². The third-order valence-electron chi connectivity index (χ3n) is 5.50. The monoisotopic (exact) mass is 426 g/mol. The van der Waals surface area contributed by atoms with Crippen LogP contribution in [-0.4, -0.2) is 52.0 Å². The lowest BCUT2D eigenvalue weighted by Gasteiger charge is -2.28. The average molecular weight is 427 g/mol. The molecular weight excluding hydrogens is 392 g/mol. The number of unbranched alkanes of at least 4 members (excludes halogenated alkanes) is 1. The third-order valence-corrected chi connectivity index (χ3v) is 5.50. The lowest BCUT2D eigenvalue weighted by Crippen LogP contribution is -2.45. The van der Waals surface area contributed by atoms with Crippen molar-refractivity contribution in [2.75, 3.05) is 25.0 Å². The quantitative estimate of drug-likeness (QED) is 0.584.